The lowest BCUT2D eigenvalue weighted by Crippen LogP contribution is -2.39. The van der Waals surface area contributed by atoms with Crippen LogP contribution in [0.25, 0.3) is 0 Å². The van der Waals surface area contributed by atoms with Gasteiger partial charge in [0.05, 0.1) is 6.10 Å². The number of nitrogens with one attached hydrogen (secondary N) is 2. The van der Waals surface area contributed by atoms with Gasteiger partial charge in [-0.3, -0.25) is 4.99 Å². The Morgan fingerprint density at radius 2 is 1.83 bits per heavy atom. The predicted molar refractivity (Wildman–Crippen MR) is 108 cm³/mol. The zero-order valence-corrected chi connectivity index (χ0v) is 16.4. The van der Waals surface area contributed by atoms with Crippen molar-refractivity contribution < 1.29 is 4.74 Å². The molecule has 2 rings (SSSR count). The van der Waals surface area contributed by atoms with Gasteiger partial charge in [0.2, 0.25) is 0 Å². The number of guanidine groups is 1. The first-order valence-corrected chi connectivity index (χ1v) is 8.48. The van der Waals surface area contributed by atoms with Crippen LogP contribution in [-0.4, -0.2) is 38.8 Å². The molecule has 4 nitrogen and oxygen atoms in total. The number of rotatable bonds is 8. The van der Waals surface area contributed by atoms with E-state index in [0.29, 0.717) is 6.10 Å². The van der Waals surface area contributed by atoms with Crippen LogP contribution >= 0.6 is 24.0 Å². The van der Waals surface area contributed by atoms with Crippen LogP contribution in [0.5, 0.6) is 0 Å². The molecule has 1 aromatic carbocycles. The largest absolute Gasteiger partial charge is 0.378 e. The maximum Gasteiger partial charge on any atom is 0.190 e. The molecule has 0 saturated heterocycles. The number of nitrogens with zero attached hydrogens (tertiary/aromatic N) is 1. The number of halogens is 1. The monoisotopic (exact) mass is 431 g/mol. The Morgan fingerprint density at radius 1 is 1.13 bits per heavy atom. The first-order valence-electron chi connectivity index (χ1n) is 8.48. The van der Waals surface area contributed by atoms with Gasteiger partial charge in [-0.05, 0) is 31.2 Å². The van der Waals surface area contributed by atoms with E-state index in [1.807, 2.05) is 13.1 Å². The Morgan fingerprint density at radius 3 is 2.52 bits per heavy atom. The lowest BCUT2D eigenvalue weighted by atomic mass is 10.1. The van der Waals surface area contributed by atoms with Crippen molar-refractivity contribution >= 4 is 29.9 Å². The number of ether oxygens (including phenoxy) is 1. The third kappa shape index (κ3) is 8.55. The minimum atomic E-state index is 0. The maximum absolute atomic E-state index is 5.86. The summed E-state index contributed by atoms with van der Waals surface area (Å²) in [7, 11) is 1.81. The van der Waals surface area contributed by atoms with Gasteiger partial charge in [0, 0.05) is 26.7 Å². The molecule has 0 atom stereocenters. The van der Waals surface area contributed by atoms with E-state index in [4.69, 9.17) is 4.74 Å². The molecular weight excluding hydrogens is 401 g/mol. The topological polar surface area (TPSA) is 45.7 Å². The van der Waals surface area contributed by atoms with Crippen LogP contribution in [0.3, 0.4) is 0 Å². The van der Waals surface area contributed by atoms with Crippen molar-refractivity contribution in [2.45, 2.75) is 44.6 Å². The van der Waals surface area contributed by atoms with E-state index in [9.17, 15) is 0 Å². The summed E-state index contributed by atoms with van der Waals surface area (Å²) in [6.45, 7) is 2.64. The second kappa shape index (κ2) is 12.6. The van der Waals surface area contributed by atoms with Crippen LogP contribution in [0.15, 0.2) is 35.3 Å². The van der Waals surface area contributed by atoms with Gasteiger partial charge in [-0.25, -0.2) is 0 Å². The highest BCUT2D eigenvalue weighted by Gasteiger charge is 2.14. The molecular formula is C18H30IN3O. The molecule has 1 aliphatic carbocycles. The smallest absolute Gasteiger partial charge is 0.190 e. The fourth-order valence-corrected chi connectivity index (χ4v) is 2.77. The van der Waals surface area contributed by atoms with Crippen molar-refractivity contribution in [1.82, 2.24) is 10.6 Å². The Bertz CT molecular complexity index is 433. The quantitative estimate of drug-likeness (QED) is 0.287. The SMILES string of the molecule is CN=C(NCCCOC1CCCC1)NCCc1ccccc1.I. The fraction of sp³-hybridized carbons (Fsp3) is 0.611. The molecule has 0 unspecified atom stereocenters. The standard InChI is InChI=1S/C18H29N3O.HI/c1-19-18(21-14-12-16-8-3-2-4-9-16)20-13-7-15-22-17-10-5-6-11-17;/h2-4,8-9,17H,5-7,10-15H2,1H3,(H2,19,20,21);1H. The van der Waals surface area contributed by atoms with Crippen molar-refractivity contribution in [1.29, 1.82) is 0 Å². The van der Waals surface area contributed by atoms with Gasteiger partial charge < -0.3 is 15.4 Å². The van der Waals surface area contributed by atoms with Gasteiger partial charge in [-0.1, -0.05) is 43.2 Å². The summed E-state index contributed by atoms with van der Waals surface area (Å²) in [6, 6.07) is 10.5. The van der Waals surface area contributed by atoms with Crippen molar-refractivity contribution in [3.05, 3.63) is 35.9 Å². The van der Waals surface area contributed by atoms with E-state index in [1.54, 1.807) is 0 Å². The lowest BCUT2D eigenvalue weighted by Gasteiger charge is -2.13. The molecule has 0 radical (unpaired) electrons. The molecule has 1 fully saturated rings. The van der Waals surface area contributed by atoms with Gasteiger partial charge in [0.25, 0.3) is 0 Å². The normalized spacial score (nSPS) is 15.3. The van der Waals surface area contributed by atoms with Crippen LogP contribution in [0.2, 0.25) is 0 Å². The lowest BCUT2D eigenvalue weighted by molar-refractivity contribution is 0.0574. The molecule has 2 N–H and O–H groups in total. The number of hydrogen-bond donors (Lipinski definition) is 2. The molecule has 0 aromatic heterocycles. The van der Waals surface area contributed by atoms with E-state index >= 15 is 0 Å². The van der Waals surface area contributed by atoms with Crippen LogP contribution in [0, 0.1) is 0 Å². The van der Waals surface area contributed by atoms with E-state index < -0.39 is 0 Å². The van der Waals surface area contributed by atoms with E-state index in [-0.39, 0.29) is 24.0 Å². The summed E-state index contributed by atoms with van der Waals surface area (Å²) in [5.41, 5.74) is 1.34. The predicted octanol–water partition coefficient (Wildman–Crippen LogP) is 3.36. The third-order valence-electron chi connectivity index (χ3n) is 4.04. The summed E-state index contributed by atoms with van der Waals surface area (Å²) in [5.74, 6) is 0.872. The second-order valence-electron chi connectivity index (χ2n) is 5.79. The van der Waals surface area contributed by atoms with Crippen LogP contribution in [-0.2, 0) is 11.2 Å². The number of benzene rings is 1. The molecule has 23 heavy (non-hydrogen) atoms. The highest BCUT2D eigenvalue weighted by atomic mass is 127. The number of aliphatic imine (C=N–C) groups is 1. The summed E-state index contributed by atoms with van der Waals surface area (Å²) in [6.07, 6.45) is 7.71. The first-order chi connectivity index (χ1) is 10.9. The van der Waals surface area contributed by atoms with Crippen LogP contribution < -0.4 is 10.6 Å². The zero-order chi connectivity index (χ0) is 15.5. The van der Waals surface area contributed by atoms with Crippen molar-refractivity contribution in [3.63, 3.8) is 0 Å². The van der Waals surface area contributed by atoms with Gasteiger partial charge in [-0.2, -0.15) is 0 Å². The van der Waals surface area contributed by atoms with E-state index in [2.05, 4.69) is 39.9 Å². The maximum atomic E-state index is 5.86. The van der Waals surface area contributed by atoms with Crippen molar-refractivity contribution in [3.8, 4) is 0 Å². The minimum absolute atomic E-state index is 0. The highest BCUT2D eigenvalue weighted by Crippen LogP contribution is 2.20. The summed E-state index contributed by atoms with van der Waals surface area (Å²) < 4.78 is 5.86. The molecule has 1 aromatic rings. The zero-order valence-electron chi connectivity index (χ0n) is 14.1. The first kappa shape index (κ1) is 20.2. The molecule has 0 amide bonds. The molecule has 1 saturated carbocycles. The average molecular weight is 431 g/mol. The van der Waals surface area contributed by atoms with Crippen LogP contribution in [0.4, 0.5) is 0 Å². The summed E-state index contributed by atoms with van der Waals surface area (Å²) in [5, 5.41) is 6.69. The average Bonchev–Trinajstić information content (AvgIpc) is 3.07. The third-order valence-corrected chi connectivity index (χ3v) is 4.04. The van der Waals surface area contributed by atoms with Crippen LogP contribution in [0.1, 0.15) is 37.7 Å². The molecule has 130 valence electrons. The fourth-order valence-electron chi connectivity index (χ4n) is 2.77. The van der Waals surface area contributed by atoms with Gasteiger partial charge >= 0.3 is 0 Å². The second-order valence-corrected chi connectivity index (χ2v) is 5.79. The molecule has 1 aliphatic rings. The van der Waals surface area contributed by atoms with Gasteiger partial charge in [0.15, 0.2) is 5.96 Å². The Hall–Kier alpha value is -0.820. The Balaban J connectivity index is 0.00000264. The number of hydrogen-bond acceptors (Lipinski definition) is 2. The molecule has 5 heteroatoms. The minimum Gasteiger partial charge on any atom is -0.378 e. The molecule has 0 spiro atoms. The van der Waals surface area contributed by atoms with Gasteiger partial charge in [-0.15, -0.1) is 24.0 Å². The summed E-state index contributed by atoms with van der Waals surface area (Å²) >= 11 is 0. The van der Waals surface area contributed by atoms with Crippen molar-refractivity contribution in [2.24, 2.45) is 4.99 Å². The molecule has 0 heterocycles. The highest BCUT2D eigenvalue weighted by molar-refractivity contribution is 14.0. The van der Waals surface area contributed by atoms with Gasteiger partial charge in [0.1, 0.15) is 0 Å². The Labute approximate surface area is 157 Å². The molecule has 0 aliphatic heterocycles. The Kier molecular flexibility index (Phi) is 11.1. The van der Waals surface area contributed by atoms with E-state index in [0.717, 1.165) is 38.5 Å². The van der Waals surface area contributed by atoms with Crippen molar-refractivity contribution in [2.75, 3.05) is 26.7 Å². The van der Waals surface area contributed by atoms with E-state index in [1.165, 1.54) is 31.2 Å². The summed E-state index contributed by atoms with van der Waals surface area (Å²) in [4.78, 5) is 4.25. The molecule has 0 bridgehead atoms.